The molecule has 3 aromatic rings. The van der Waals surface area contributed by atoms with E-state index in [2.05, 4.69) is 61.9 Å². The average Bonchev–Trinajstić information content (AvgIpc) is 3.16. The molecule has 0 aliphatic carbocycles. The summed E-state index contributed by atoms with van der Waals surface area (Å²) < 4.78 is 1.90. The first kappa shape index (κ1) is 18.5. The maximum Gasteiger partial charge on any atom is 0.252 e. The van der Waals surface area contributed by atoms with Crippen molar-refractivity contribution in [2.24, 2.45) is 4.99 Å². The number of nitrogens with zero attached hydrogens (tertiary/aromatic N) is 6. The Morgan fingerprint density at radius 3 is 3.11 bits per heavy atom. The Morgan fingerprint density at radius 2 is 2.25 bits per heavy atom. The van der Waals surface area contributed by atoms with Crippen molar-refractivity contribution >= 4 is 11.5 Å². The van der Waals surface area contributed by atoms with Crippen LogP contribution >= 0.6 is 0 Å². The predicted octanol–water partition coefficient (Wildman–Crippen LogP) is 3.76. The summed E-state index contributed by atoms with van der Waals surface area (Å²) >= 11 is 0. The highest BCUT2D eigenvalue weighted by Crippen LogP contribution is 2.28. The van der Waals surface area contributed by atoms with Crippen LogP contribution in [0, 0.1) is 6.92 Å². The number of benzene rings is 1. The Labute approximate surface area is 165 Å². The molecule has 0 bridgehead atoms. The van der Waals surface area contributed by atoms with Gasteiger partial charge in [-0.05, 0) is 56.5 Å². The van der Waals surface area contributed by atoms with Crippen LogP contribution in [0.4, 0.5) is 0 Å². The Hall–Kier alpha value is -2.86. The zero-order valence-corrected chi connectivity index (χ0v) is 16.5. The summed E-state index contributed by atoms with van der Waals surface area (Å²) in [6.07, 6.45) is 5.53. The number of piperidine rings is 1. The molecule has 1 saturated heterocycles. The van der Waals surface area contributed by atoms with Crippen LogP contribution in [0.15, 0.2) is 54.4 Å². The van der Waals surface area contributed by atoms with E-state index in [4.69, 9.17) is 0 Å². The second-order valence-corrected chi connectivity index (χ2v) is 7.47. The zero-order valence-electron chi connectivity index (χ0n) is 16.5. The summed E-state index contributed by atoms with van der Waals surface area (Å²) in [6.45, 7) is 10.8. The van der Waals surface area contributed by atoms with E-state index in [1.807, 2.05) is 18.4 Å². The molecule has 4 rings (SSSR count). The first-order valence-corrected chi connectivity index (χ1v) is 9.78. The first-order chi connectivity index (χ1) is 13.6. The van der Waals surface area contributed by atoms with Crippen LogP contribution < -0.4 is 0 Å². The topological polar surface area (TPSA) is 58.7 Å². The van der Waals surface area contributed by atoms with Crippen LogP contribution in [0.5, 0.6) is 0 Å². The van der Waals surface area contributed by atoms with E-state index in [9.17, 15) is 0 Å². The van der Waals surface area contributed by atoms with Crippen molar-refractivity contribution in [2.45, 2.75) is 39.2 Å². The normalized spacial score (nSPS) is 18.5. The van der Waals surface area contributed by atoms with Crippen molar-refractivity contribution in [1.82, 2.24) is 24.5 Å². The summed E-state index contributed by atoms with van der Waals surface area (Å²) in [5.41, 5.74) is 5.67. The third-order valence-corrected chi connectivity index (χ3v) is 5.37. The van der Waals surface area contributed by atoms with Crippen LogP contribution in [0.25, 0.3) is 5.78 Å². The number of fused-ring (bicyclic) bond motifs is 1. The van der Waals surface area contributed by atoms with Gasteiger partial charge in [-0.1, -0.05) is 24.8 Å². The van der Waals surface area contributed by atoms with Gasteiger partial charge in [0.25, 0.3) is 5.78 Å². The largest absolute Gasteiger partial charge is 0.298 e. The monoisotopic (exact) mass is 374 g/mol. The number of hydrogen-bond donors (Lipinski definition) is 0. The van der Waals surface area contributed by atoms with Crippen LogP contribution in [0.3, 0.4) is 0 Å². The molecule has 6 heteroatoms. The first-order valence-electron chi connectivity index (χ1n) is 9.78. The van der Waals surface area contributed by atoms with E-state index in [-0.39, 0.29) is 0 Å². The van der Waals surface area contributed by atoms with Gasteiger partial charge in [0.2, 0.25) is 0 Å². The average molecular weight is 374 g/mol. The van der Waals surface area contributed by atoms with Crippen molar-refractivity contribution in [3.63, 3.8) is 0 Å². The van der Waals surface area contributed by atoms with Gasteiger partial charge in [-0.2, -0.15) is 10.1 Å². The lowest BCUT2D eigenvalue weighted by Gasteiger charge is -2.33. The highest BCUT2D eigenvalue weighted by molar-refractivity contribution is 5.99. The second-order valence-electron chi connectivity index (χ2n) is 7.47. The van der Waals surface area contributed by atoms with Crippen LogP contribution in [-0.4, -0.2) is 43.3 Å². The van der Waals surface area contributed by atoms with E-state index >= 15 is 0 Å². The molecule has 0 spiro atoms. The molecule has 0 N–H and O–H groups in total. The summed E-state index contributed by atoms with van der Waals surface area (Å²) in [7, 11) is 0. The van der Waals surface area contributed by atoms with E-state index in [0.717, 1.165) is 36.6 Å². The Morgan fingerprint density at radius 1 is 1.36 bits per heavy atom. The molecule has 0 saturated carbocycles. The molecule has 0 radical (unpaired) electrons. The molecule has 6 nitrogen and oxygen atoms in total. The standard InChI is InChI=1S/C22H26N6/c1-4-23-17(3)19-8-5-7-18(12-19)13-27-10-6-9-20(14-27)21-11-16(2)26-22-24-15-25-28(21)22/h4-5,7-8,11-12,15,20H,1,6,9-10,13-14H2,2-3H3/b23-17+. The third kappa shape index (κ3) is 3.87. The number of rotatable bonds is 5. The molecule has 1 aliphatic heterocycles. The number of aliphatic imine (C=N–C) groups is 1. The molecule has 144 valence electrons. The number of likely N-dealkylation sites (tertiary alicyclic amines) is 1. The van der Waals surface area contributed by atoms with Gasteiger partial charge in [-0.3, -0.25) is 9.89 Å². The SMILES string of the molecule is C=C/N=C(\C)c1cccc(CN2CCCC(c3cc(C)nc4ncnn34)C2)c1. The maximum absolute atomic E-state index is 4.48. The van der Waals surface area contributed by atoms with Crippen LogP contribution in [0.1, 0.15) is 48.2 Å². The number of aromatic nitrogens is 4. The zero-order chi connectivity index (χ0) is 19.5. The van der Waals surface area contributed by atoms with E-state index in [1.54, 1.807) is 12.5 Å². The lowest BCUT2D eigenvalue weighted by molar-refractivity contribution is 0.197. The minimum atomic E-state index is 0.437. The van der Waals surface area contributed by atoms with E-state index < -0.39 is 0 Å². The molecule has 1 unspecified atom stereocenters. The lowest BCUT2D eigenvalue weighted by Crippen LogP contribution is -2.34. The minimum absolute atomic E-state index is 0.437. The van der Waals surface area contributed by atoms with Gasteiger partial charge < -0.3 is 0 Å². The van der Waals surface area contributed by atoms with Gasteiger partial charge in [-0.15, -0.1) is 0 Å². The predicted molar refractivity (Wildman–Crippen MR) is 112 cm³/mol. The minimum Gasteiger partial charge on any atom is -0.298 e. The van der Waals surface area contributed by atoms with Gasteiger partial charge in [0, 0.05) is 36.6 Å². The van der Waals surface area contributed by atoms with Gasteiger partial charge in [-0.25, -0.2) is 9.50 Å². The third-order valence-electron chi connectivity index (χ3n) is 5.37. The number of hydrogen-bond acceptors (Lipinski definition) is 5. The van der Waals surface area contributed by atoms with E-state index in [1.165, 1.54) is 24.1 Å². The van der Waals surface area contributed by atoms with Crippen LogP contribution in [-0.2, 0) is 6.54 Å². The highest BCUT2D eigenvalue weighted by Gasteiger charge is 2.24. The van der Waals surface area contributed by atoms with E-state index in [0.29, 0.717) is 11.7 Å². The summed E-state index contributed by atoms with van der Waals surface area (Å²) in [5, 5.41) is 4.40. The summed E-state index contributed by atoms with van der Waals surface area (Å²) in [5.74, 6) is 1.13. The van der Waals surface area contributed by atoms with Crippen molar-refractivity contribution in [3.05, 3.63) is 72.0 Å². The molecule has 1 aromatic carbocycles. The van der Waals surface area contributed by atoms with Gasteiger partial charge >= 0.3 is 0 Å². The fraction of sp³-hybridized carbons (Fsp3) is 0.364. The molecule has 2 aromatic heterocycles. The Bertz CT molecular complexity index is 1020. The molecule has 28 heavy (non-hydrogen) atoms. The molecule has 0 amide bonds. The lowest BCUT2D eigenvalue weighted by atomic mass is 9.93. The second kappa shape index (κ2) is 8.02. The number of aryl methyl sites for hydroxylation is 1. The Kier molecular flexibility index (Phi) is 5.30. The molecule has 1 fully saturated rings. The van der Waals surface area contributed by atoms with Crippen molar-refractivity contribution in [1.29, 1.82) is 0 Å². The van der Waals surface area contributed by atoms with Crippen molar-refractivity contribution in [3.8, 4) is 0 Å². The molecule has 3 heterocycles. The van der Waals surface area contributed by atoms with Gasteiger partial charge in [0.1, 0.15) is 6.33 Å². The fourth-order valence-corrected chi connectivity index (χ4v) is 4.05. The maximum atomic E-state index is 4.48. The smallest absolute Gasteiger partial charge is 0.252 e. The van der Waals surface area contributed by atoms with Crippen LogP contribution in [0.2, 0.25) is 0 Å². The fourth-order valence-electron chi connectivity index (χ4n) is 4.05. The summed E-state index contributed by atoms with van der Waals surface area (Å²) in [6, 6.07) is 10.8. The van der Waals surface area contributed by atoms with Gasteiger partial charge in [0.05, 0.1) is 5.69 Å². The molecular weight excluding hydrogens is 348 g/mol. The quantitative estimate of drug-likeness (QED) is 0.638. The van der Waals surface area contributed by atoms with Crippen molar-refractivity contribution < 1.29 is 0 Å². The van der Waals surface area contributed by atoms with Gasteiger partial charge in [0.15, 0.2) is 0 Å². The van der Waals surface area contributed by atoms with Crippen molar-refractivity contribution in [2.75, 3.05) is 13.1 Å². The summed E-state index contributed by atoms with van der Waals surface area (Å²) in [4.78, 5) is 15.6. The molecular formula is C22H26N6. The molecule has 1 atom stereocenters. The Balaban J connectivity index is 1.53. The highest BCUT2D eigenvalue weighted by atomic mass is 15.3. The molecule has 1 aliphatic rings.